The van der Waals surface area contributed by atoms with Crippen LogP contribution in [0.2, 0.25) is 0 Å². The van der Waals surface area contributed by atoms with Gasteiger partial charge in [-0.25, -0.2) is 4.79 Å². The number of thiophene rings is 1. The number of aryl methyl sites for hydroxylation is 1. The summed E-state index contributed by atoms with van der Waals surface area (Å²) in [6.45, 7) is 0.247. The lowest BCUT2D eigenvalue weighted by Gasteiger charge is -2.02. The van der Waals surface area contributed by atoms with Gasteiger partial charge in [0, 0.05) is 12.6 Å². The third kappa shape index (κ3) is 2.22. The fourth-order valence-corrected chi connectivity index (χ4v) is 2.02. The number of rotatable bonds is 4. The molecule has 0 atom stereocenters. The van der Waals surface area contributed by atoms with Gasteiger partial charge in [0.15, 0.2) is 5.75 Å². The van der Waals surface area contributed by atoms with Crippen molar-refractivity contribution in [2.45, 2.75) is 6.61 Å². The molecule has 0 unspecified atom stereocenters. The highest BCUT2D eigenvalue weighted by molar-refractivity contribution is 7.12. The molecular weight excluding hydrogens is 228 g/mol. The first-order valence-corrected chi connectivity index (χ1v) is 5.46. The Hall–Kier alpha value is -1.82. The molecule has 84 valence electrons. The summed E-state index contributed by atoms with van der Waals surface area (Å²) in [6, 6.07) is 1.75. The second kappa shape index (κ2) is 4.36. The second-order valence-corrected chi connectivity index (χ2v) is 4.13. The summed E-state index contributed by atoms with van der Waals surface area (Å²) in [7, 11) is 1.79. The quantitative estimate of drug-likeness (QED) is 0.881. The first-order valence-electron chi connectivity index (χ1n) is 4.58. The van der Waals surface area contributed by atoms with E-state index in [-0.39, 0.29) is 6.61 Å². The predicted molar refractivity (Wildman–Crippen MR) is 58.8 cm³/mol. The van der Waals surface area contributed by atoms with Crippen LogP contribution in [-0.2, 0) is 13.7 Å². The van der Waals surface area contributed by atoms with Crippen molar-refractivity contribution in [3.63, 3.8) is 0 Å². The minimum absolute atomic E-state index is 0.247. The van der Waals surface area contributed by atoms with Crippen LogP contribution in [0, 0.1) is 0 Å². The van der Waals surface area contributed by atoms with Gasteiger partial charge in [0.05, 0.1) is 12.4 Å². The van der Waals surface area contributed by atoms with Gasteiger partial charge in [-0.2, -0.15) is 5.10 Å². The van der Waals surface area contributed by atoms with E-state index < -0.39 is 5.97 Å². The molecule has 1 N–H and O–H groups in total. The molecule has 0 aromatic carbocycles. The number of aromatic nitrogens is 2. The number of aromatic carboxylic acids is 1. The second-order valence-electron chi connectivity index (χ2n) is 3.22. The molecule has 2 heterocycles. The van der Waals surface area contributed by atoms with E-state index in [1.54, 1.807) is 35.6 Å². The topological polar surface area (TPSA) is 64.3 Å². The number of nitrogens with zero attached hydrogens (tertiary/aromatic N) is 2. The van der Waals surface area contributed by atoms with Crippen LogP contribution in [0.25, 0.3) is 0 Å². The molecule has 0 fully saturated rings. The lowest BCUT2D eigenvalue weighted by Crippen LogP contribution is -2.01. The van der Waals surface area contributed by atoms with Gasteiger partial charge in [0.25, 0.3) is 0 Å². The molecule has 0 saturated carbocycles. The third-order valence-corrected chi connectivity index (χ3v) is 2.96. The Kier molecular flexibility index (Phi) is 2.91. The molecule has 0 amide bonds. The molecule has 16 heavy (non-hydrogen) atoms. The van der Waals surface area contributed by atoms with Crippen molar-refractivity contribution in [2.24, 2.45) is 7.05 Å². The lowest BCUT2D eigenvalue weighted by molar-refractivity contribution is 0.0699. The zero-order valence-electron chi connectivity index (χ0n) is 8.58. The third-order valence-electron chi connectivity index (χ3n) is 2.02. The van der Waals surface area contributed by atoms with Crippen molar-refractivity contribution < 1.29 is 14.6 Å². The molecule has 0 aliphatic rings. The Bertz CT molecular complexity index is 504. The summed E-state index contributed by atoms with van der Waals surface area (Å²) in [5, 5.41) is 14.6. The van der Waals surface area contributed by atoms with Gasteiger partial charge in [0.1, 0.15) is 11.5 Å². The summed E-state index contributed by atoms with van der Waals surface area (Å²) in [6.07, 6.45) is 3.32. The van der Waals surface area contributed by atoms with Gasteiger partial charge in [-0.15, -0.1) is 11.3 Å². The smallest absolute Gasteiger partial charge is 0.346 e. The molecular formula is C10H10N2O3S. The van der Waals surface area contributed by atoms with Gasteiger partial charge in [-0.3, -0.25) is 4.68 Å². The highest BCUT2D eigenvalue weighted by Crippen LogP contribution is 2.19. The number of hydrogen-bond acceptors (Lipinski definition) is 4. The molecule has 0 saturated heterocycles. The molecule has 0 aliphatic heterocycles. The van der Waals surface area contributed by atoms with Crippen LogP contribution in [0.4, 0.5) is 0 Å². The van der Waals surface area contributed by atoms with Crippen LogP contribution in [0.1, 0.15) is 15.2 Å². The molecule has 2 aromatic heterocycles. The summed E-state index contributed by atoms with van der Waals surface area (Å²) < 4.78 is 7.05. The molecule has 0 bridgehead atoms. The van der Waals surface area contributed by atoms with E-state index in [1.165, 1.54) is 11.3 Å². The normalized spacial score (nSPS) is 10.3. The van der Waals surface area contributed by atoms with E-state index in [0.717, 1.165) is 0 Å². The fourth-order valence-electron chi connectivity index (χ4n) is 1.27. The van der Waals surface area contributed by atoms with Crippen molar-refractivity contribution in [2.75, 3.05) is 0 Å². The maximum atomic E-state index is 10.8. The highest BCUT2D eigenvalue weighted by Gasteiger charge is 2.12. The van der Waals surface area contributed by atoms with Crippen LogP contribution in [0.3, 0.4) is 0 Å². The SMILES string of the molecule is Cn1cc(OCc2ccsc2C(=O)O)cn1. The highest BCUT2D eigenvalue weighted by atomic mass is 32.1. The molecule has 0 radical (unpaired) electrons. The zero-order chi connectivity index (χ0) is 11.5. The fraction of sp³-hybridized carbons (Fsp3) is 0.200. The maximum absolute atomic E-state index is 10.8. The van der Waals surface area contributed by atoms with E-state index in [2.05, 4.69) is 5.10 Å². The number of carboxylic acid groups (broad SMARTS) is 1. The molecule has 2 rings (SSSR count). The van der Waals surface area contributed by atoms with Crippen LogP contribution in [0.5, 0.6) is 5.75 Å². The van der Waals surface area contributed by atoms with Gasteiger partial charge < -0.3 is 9.84 Å². The van der Waals surface area contributed by atoms with Gasteiger partial charge in [-0.1, -0.05) is 0 Å². The minimum Gasteiger partial charge on any atom is -0.486 e. The van der Waals surface area contributed by atoms with Crippen molar-refractivity contribution in [1.29, 1.82) is 0 Å². The summed E-state index contributed by atoms with van der Waals surface area (Å²) in [4.78, 5) is 11.2. The van der Waals surface area contributed by atoms with Crippen molar-refractivity contribution in [3.8, 4) is 5.75 Å². The van der Waals surface area contributed by atoms with E-state index in [4.69, 9.17) is 9.84 Å². The minimum atomic E-state index is -0.917. The zero-order valence-corrected chi connectivity index (χ0v) is 9.40. The van der Waals surface area contributed by atoms with Crippen LogP contribution < -0.4 is 4.74 Å². The standard InChI is InChI=1S/C10H10N2O3S/c1-12-5-8(4-11-12)15-6-7-2-3-16-9(7)10(13)14/h2-5H,6H2,1H3,(H,13,14). The van der Waals surface area contributed by atoms with Gasteiger partial charge >= 0.3 is 5.97 Å². The van der Waals surface area contributed by atoms with Crippen LogP contribution in [0.15, 0.2) is 23.8 Å². The molecule has 0 spiro atoms. The van der Waals surface area contributed by atoms with Crippen molar-refractivity contribution in [3.05, 3.63) is 34.3 Å². The molecule has 0 aliphatic carbocycles. The molecule has 5 nitrogen and oxygen atoms in total. The maximum Gasteiger partial charge on any atom is 0.346 e. The van der Waals surface area contributed by atoms with Gasteiger partial charge in [0.2, 0.25) is 0 Å². The Morgan fingerprint density at radius 1 is 1.69 bits per heavy atom. The summed E-state index contributed by atoms with van der Waals surface area (Å²) in [5.74, 6) is -0.287. The Morgan fingerprint density at radius 2 is 2.50 bits per heavy atom. The number of carbonyl (C=O) groups is 1. The van der Waals surface area contributed by atoms with Gasteiger partial charge in [-0.05, 0) is 11.4 Å². The lowest BCUT2D eigenvalue weighted by atomic mass is 10.3. The number of carboxylic acids is 1. The Labute approximate surface area is 95.9 Å². The van der Waals surface area contributed by atoms with Crippen molar-refractivity contribution in [1.82, 2.24) is 9.78 Å². The van der Waals surface area contributed by atoms with Crippen molar-refractivity contribution >= 4 is 17.3 Å². The average Bonchev–Trinajstić information content (AvgIpc) is 2.83. The molecule has 2 aromatic rings. The van der Waals surface area contributed by atoms with E-state index in [9.17, 15) is 4.79 Å². The number of hydrogen-bond donors (Lipinski definition) is 1. The van der Waals surface area contributed by atoms with E-state index >= 15 is 0 Å². The predicted octanol–water partition coefficient (Wildman–Crippen LogP) is 1.76. The largest absolute Gasteiger partial charge is 0.486 e. The molecule has 6 heteroatoms. The Morgan fingerprint density at radius 3 is 3.12 bits per heavy atom. The van der Waals surface area contributed by atoms with Crippen LogP contribution in [-0.4, -0.2) is 20.9 Å². The summed E-state index contributed by atoms with van der Waals surface area (Å²) in [5.41, 5.74) is 0.682. The monoisotopic (exact) mass is 238 g/mol. The summed E-state index contributed by atoms with van der Waals surface area (Å²) >= 11 is 1.20. The Balaban J connectivity index is 2.04. The van der Waals surface area contributed by atoms with Crippen LogP contribution >= 0.6 is 11.3 Å². The first kappa shape index (κ1) is 10.7. The average molecular weight is 238 g/mol. The van der Waals surface area contributed by atoms with E-state index in [1.807, 2.05) is 0 Å². The first-order chi connectivity index (χ1) is 7.66. The van der Waals surface area contributed by atoms with E-state index in [0.29, 0.717) is 16.2 Å². The number of ether oxygens (including phenoxy) is 1.